The first-order chi connectivity index (χ1) is 32.1. The number of hydrogen-bond donors (Lipinski definition) is 0. The summed E-state index contributed by atoms with van der Waals surface area (Å²) < 4.78 is 21.7. The molecule has 0 fully saturated rings. The van der Waals surface area contributed by atoms with Gasteiger partial charge in [-0.15, -0.1) is 0 Å². The van der Waals surface area contributed by atoms with Crippen LogP contribution in [0.5, 0.6) is 0 Å². The number of fused-ring (bicyclic) bond motifs is 15. The lowest BCUT2D eigenvalue weighted by Gasteiger charge is -2.22. The molecule has 0 amide bonds. The molecule has 1 aliphatic rings. The van der Waals surface area contributed by atoms with Gasteiger partial charge in [-0.1, -0.05) is 133 Å². The average molecular weight is 847 g/mol. The summed E-state index contributed by atoms with van der Waals surface area (Å²) in [5.74, 6) is 0. The second-order valence-corrected chi connectivity index (χ2v) is 20.3. The van der Waals surface area contributed by atoms with Gasteiger partial charge in [-0.3, -0.25) is 0 Å². The van der Waals surface area contributed by atoms with Gasteiger partial charge in [-0.25, -0.2) is 0 Å². The van der Waals surface area contributed by atoms with E-state index in [9.17, 15) is 0 Å². The number of para-hydroxylation sites is 4. The highest BCUT2D eigenvalue weighted by Gasteiger charge is 2.34. The van der Waals surface area contributed by atoms with Crippen molar-refractivity contribution in [2.24, 2.45) is 0 Å². The molecule has 13 aromatic rings. The molecule has 0 bridgehead atoms. The molecule has 304 valence electrons. The standard InChI is InChI=1S/C61H39N2OP/c64-65(44-28-31-60-56(36-44)51-23-11-13-25-58(51)62(60)41-15-3-1-4-16-41,45-29-32-61-57(37-45)52-24-12-14-26-59(52)63(61)42-17-5-2-6-18-42)43-27-30-46-39(34-43)33-40-35-54-49-21-9-7-19-47(49)48-20-8-10-22-50(48)55(54)38-53(40)46/h1-32,34-38H,33H2. The van der Waals surface area contributed by atoms with Crippen LogP contribution in [0.1, 0.15) is 11.1 Å². The SMILES string of the molecule is O=P(c1ccc2c(c1)Cc1cc3c4ccccc4c4ccccc4c3cc1-2)(c1ccc2c(c1)c1ccccc1n2-c1ccccc1)c1ccc2c(c1)c1ccccc1n2-c1ccccc1. The Balaban J connectivity index is 1.01. The molecule has 0 atom stereocenters. The predicted molar refractivity (Wildman–Crippen MR) is 275 cm³/mol. The van der Waals surface area contributed by atoms with Crippen LogP contribution in [0.15, 0.2) is 224 Å². The van der Waals surface area contributed by atoms with Crippen molar-refractivity contribution in [3.8, 4) is 22.5 Å². The summed E-state index contributed by atoms with van der Waals surface area (Å²) in [7, 11) is -3.52. The summed E-state index contributed by atoms with van der Waals surface area (Å²) in [5.41, 5.74) is 11.6. The maximum absolute atomic E-state index is 17.1. The number of nitrogens with zero attached hydrogens (tertiary/aromatic N) is 2. The van der Waals surface area contributed by atoms with Crippen molar-refractivity contribution in [1.82, 2.24) is 9.13 Å². The van der Waals surface area contributed by atoms with Gasteiger partial charge in [0, 0.05) is 48.8 Å². The average Bonchev–Trinajstić information content (AvgIpc) is 4.03. The van der Waals surface area contributed by atoms with Crippen LogP contribution in [0.4, 0.5) is 0 Å². The van der Waals surface area contributed by atoms with Crippen molar-refractivity contribution >= 4 is 99.0 Å². The van der Waals surface area contributed by atoms with Gasteiger partial charge < -0.3 is 13.7 Å². The van der Waals surface area contributed by atoms with E-state index < -0.39 is 7.14 Å². The van der Waals surface area contributed by atoms with Gasteiger partial charge in [0.15, 0.2) is 7.14 Å². The van der Waals surface area contributed by atoms with Gasteiger partial charge in [0.1, 0.15) is 0 Å². The zero-order valence-corrected chi connectivity index (χ0v) is 36.2. The third-order valence-electron chi connectivity index (χ3n) is 14.2. The summed E-state index contributed by atoms with van der Waals surface area (Å²) >= 11 is 0. The fourth-order valence-electron chi connectivity index (χ4n) is 11.3. The lowest BCUT2D eigenvalue weighted by Crippen LogP contribution is -2.25. The zero-order valence-electron chi connectivity index (χ0n) is 35.3. The molecular weight excluding hydrogens is 808 g/mol. The molecule has 65 heavy (non-hydrogen) atoms. The first kappa shape index (κ1) is 36.5. The second kappa shape index (κ2) is 13.8. The monoisotopic (exact) mass is 846 g/mol. The summed E-state index contributed by atoms with van der Waals surface area (Å²) in [5, 5.41) is 14.6. The van der Waals surface area contributed by atoms with Crippen LogP contribution in [0.2, 0.25) is 0 Å². The highest BCUT2D eigenvalue weighted by molar-refractivity contribution is 7.85. The van der Waals surface area contributed by atoms with E-state index in [1.165, 1.54) is 54.6 Å². The van der Waals surface area contributed by atoms with Crippen LogP contribution in [-0.4, -0.2) is 9.13 Å². The molecule has 2 aromatic heterocycles. The Morgan fingerprint density at radius 2 is 0.677 bits per heavy atom. The molecule has 0 N–H and O–H groups in total. The highest BCUT2D eigenvalue weighted by Crippen LogP contribution is 2.49. The fourth-order valence-corrected chi connectivity index (χ4v) is 14.0. The topological polar surface area (TPSA) is 26.9 Å². The molecular formula is C61H39N2OP. The van der Waals surface area contributed by atoms with E-state index in [0.717, 1.165) is 77.3 Å². The van der Waals surface area contributed by atoms with Crippen LogP contribution < -0.4 is 15.9 Å². The number of aromatic nitrogens is 2. The first-order valence-corrected chi connectivity index (χ1v) is 24.1. The third kappa shape index (κ3) is 5.22. The van der Waals surface area contributed by atoms with Crippen molar-refractivity contribution < 1.29 is 4.57 Å². The molecule has 3 nitrogen and oxygen atoms in total. The predicted octanol–water partition coefficient (Wildman–Crippen LogP) is 14.6. The summed E-state index contributed by atoms with van der Waals surface area (Å²) in [6.07, 6.45) is 0.781. The minimum Gasteiger partial charge on any atom is -0.309 e. The van der Waals surface area contributed by atoms with Gasteiger partial charge in [0.2, 0.25) is 0 Å². The van der Waals surface area contributed by atoms with Crippen molar-refractivity contribution in [2.45, 2.75) is 6.42 Å². The number of rotatable bonds is 5. The van der Waals surface area contributed by atoms with E-state index in [1.54, 1.807) is 0 Å². The Labute approximate surface area is 375 Å². The molecule has 0 saturated heterocycles. The second-order valence-electron chi connectivity index (χ2n) is 17.6. The molecule has 0 saturated carbocycles. The molecule has 0 radical (unpaired) electrons. The van der Waals surface area contributed by atoms with Crippen molar-refractivity contribution in [2.75, 3.05) is 0 Å². The first-order valence-electron chi connectivity index (χ1n) is 22.4. The maximum Gasteiger partial charge on any atom is 0.171 e. The van der Waals surface area contributed by atoms with Gasteiger partial charge >= 0.3 is 0 Å². The van der Waals surface area contributed by atoms with Gasteiger partial charge in [-0.05, 0) is 152 Å². The Hall–Kier alpha value is -7.97. The van der Waals surface area contributed by atoms with Gasteiger partial charge in [-0.2, -0.15) is 0 Å². The minimum absolute atomic E-state index is 0.781. The van der Waals surface area contributed by atoms with Crippen LogP contribution >= 0.6 is 7.14 Å². The zero-order chi connectivity index (χ0) is 42.8. The van der Waals surface area contributed by atoms with Crippen molar-refractivity contribution in [3.63, 3.8) is 0 Å². The minimum atomic E-state index is -3.52. The molecule has 0 aliphatic heterocycles. The van der Waals surface area contributed by atoms with E-state index >= 15 is 4.57 Å². The normalized spacial score (nSPS) is 12.6. The Kier molecular flexibility index (Phi) is 7.73. The summed E-state index contributed by atoms with van der Waals surface area (Å²) in [4.78, 5) is 0. The number of benzene rings is 11. The third-order valence-corrected chi connectivity index (χ3v) is 17.2. The van der Waals surface area contributed by atoms with E-state index in [0.29, 0.717) is 0 Å². The molecule has 14 rings (SSSR count). The lowest BCUT2D eigenvalue weighted by atomic mass is 9.91. The highest BCUT2D eigenvalue weighted by atomic mass is 31.2. The lowest BCUT2D eigenvalue weighted by molar-refractivity contribution is 0.592. The largest absolute Gasteiger partial charge is 0.309 e. The molecule has 0 spiro atoms. The molecule has 2 heterocycles. The fraction of sp³-hybridized carbons (Fsp3) is 0.0164. The summed E-state index contributed by atoms with van der Waals surface area (Å²) in [6.45, 7) is 0. The van der Waals surface area contributed by atoms with Crippen LogP contribution in [0.3, 0.4) is 0 Å². The van der Waals surface area contributed by atoms with Gasteiger partial charge in [0.25, 0.3) is 0 Å². The number of hydrogen-bond acceptors (Lipinski definition) is 1. The summed E-state index contributed by atoms with van der Waals surface area (Å²) in [6, 6.07) is 80.4. The van der Waals surface area contributed by atoms with E-state index in [4.69, 9.17) is 0 Å². The quantitative estimate of drug-likeness (QED) is 0.125. The Bertz CT molecular complexity index is 4020. The Morgan fingerprint density at radius 1 is 0.292 bits per heavy atom. The van der Waals surface area contributed by atoms with E-state index in [1.807, 2.05) is 0 Å². The molecule has 0 unspecified atom stereocenters. The van der Waals surface area contributed by atoms with Crippen LogP contribution in [0, 0.1) is 0 Å². The molecule has 1 aliphatic carbocycles. The smallest absolute Gasteiger partial charge is 0.171 e. The Morgan fingerprint density at radius 3 is 1.20 bits per heavy atom. The van der Waals surface area contributed by atoms with Crippen molar-refractivity contribution in [3.05, 3.63) is 236 Å². The molecule has 11 aromatic carbocycles. The van der Waals surface area contributed by atoms with E-state index in [2.05, 4.69) is 234 Å². The van der Waals surface area contributed by atoms with Crippen LogP contribution in [0.25, 0.3) is 98.4 Å². The van der Waals surface area contributed by atoms with Gasteiger partial charge in [0.05, 0.1) is 22.1 Å². The maximum atomic E-state index is 17.1. The van der Waals surface area contributed by atoms with Crippen molar-refractivity contribution in [1.29, 1.82) is 0 Å². The molecule has 4 heteroatoms. The van der Waals surface area contributed by atoms with E-state index in [-0.39, 0.29) is 0 Å². The van der Waals surface area contributed by atoms with Crippen LogP contribution in [-0.2, 0) is 11.0 Å².